The molecule has 2 N–H and O–H groups in total. The van der Waals surface area contributed by atoms with Crippen molar-refractivity contribution in [3.05, 3.63) is 47.2 Å². The molecule has 0 spiro atoms. The summed E-state index contributed by atoms with van der Waals surface area (Å²) in [6, 6.07) is 8.85. The lowest BCUT2D eigenvalue weighted by atomic mass is 10.2. The number of unbranched alkanes of at least 4 members (excludes halogenated alkanes) is 1. The van der Waals surface area contributed by atoms with Gasteiger partial charge in [-0.05, 0) is 69.3 Å². The van der Waals surface area contributed by atoms with Gasteiger partial charge >= 0.3 is 6.03 Å². The normalized spacial score (nSPS) is 13.1. The summed E-state index contributed by atoms with van der Waals surface area (Å²) in [6.45, 7) is 12.5. The lowest BCUT2D eigenvalue weighted by Gasteiger charge is -2.30. The number of carbonyl (C=O) groups is 2. The van der Waals surface area contributed by atoms with Gasteiger partial charge in [0.1, 0.15) is 5.03 Å². The number of aryl methyl sites for hydroxylation is 2. The van der Waals surface area contributed by atoms with Gasteiger partial charge in [-0.2, -0.15) is 0 Å². The van der Waals surface area contributed by atoms with Gasteiger partial charge in [0, 0.05) is 42.3 Å². The van der Waals surface area contributed by atoms with Gasteiger partial charge in [-0.3, -0.25) is 9.69 Å². The van der Waals surface area contributed by atoms with Crippen LogP contribution in [0, 0.1) is 13.8 Å². The molecule has 0 unspecified atom stereocenters. The fourth-order valence-corrected chi connectivity index (χ4v) is 4.99. The average molecular weight is 470 g/mol. The lowest BCUT2D eigenvalue weighted by Crippen LogP contribution is -2.39. The maximum Gasteiger partial charge on any atom is 0.326 e. The summed E-state index contributed by atoms with van der Waals surface area (Å²) in [6.07, 6.45) is 2.34. The topological polar surface area (TPSA) is 77.6 Å². The monoisotopic (exact) mass is 469 g/mol. The lowest BCUT2D eigenvalue weighted by molar-refractivity contribution is 0.0948. The SMILES string of the molecule is CCCCN(CC)CCNC(=O)c1ccc(NC(=O)N2CCSc3nc(C)cc(C)c32)cc1. The number of thioether (sulfide) groups is 1. The van der Waals surface area contributed by atoms with Gasteiger partial charge in [-0.15, -0.1) is 11.8 Å². The summed E-state index contributed by atoms with van der Waals surface area (Å²) >= 11 is 1.68. The van der Waals surface area contributed by atoms with Crippen molar-refractivity contribution in [2.75, 3.05) is 48.7 Å². The molecule has 178 valence electrons. The predicted octanol–water partition coefficient (Wildman–Crippen LogP) is 4.69. The number of fused-ring (bicyclic) bond motifs is 1. The molecule has 0 atom stereocenters. The van der Waals surface area contributed by atoms with Crippen LogP contribution >= 0.6 is 11.8 Å². The molecule has 0 saturated carbocycles. The Morgan fingerprint density at radius 3 is 2.61 bits per heavy atom. The zero-order valence-electron chi connectivity index (χ0n) is 20.1. The van der Waals surface area contributed by atoms with E-state index in [2.05, 4.69) is 34.4 Å². The second-order valence-electron chi connectivity index (χ2n) is 8.29. The van der Waals surface area contributed by atoms with Crippen LogP contribution in [0.2, 0.25) is 0 Å². The van der Waals surface area contributed by atoms with Crippen LogP contribution in [0.4, 0.5) is 16.2 Å². The Hall–Kier alpha value is -2.58. The number of amides is 3. The Morgan fingerprint density at radius 1 is 1.15 bits per heavy atom. The quantitative estimate of drug-likeness (QED) is 0.557. The number of urea groups is 1. The minimum atomic E-state index is -0.186. The molecule has 2 heterocycles. The van der Waals surface area contributed by atoms with Crippen LogP contribution in [0.5, 0.6) is 0 Å². The molecule has 3 amide bonds. The van der Waals surface area contributed by atoms with E-state index in [0.29, 0.717) is 24.3 Å². The number of rotatable bonds is 9. The maximum atomic E-state index is 13.0. The Labute approximate surface area is 201 Å². The van der Waals surface area contributed by atoms with Crippen molar-refractivity contribution in [1.29, 1.82) is 0 Å². The molecule has 3 rings (SSSR count). The smallest absolute Gasteiger partial charge is 0.326 e. The molecule has 1 aromatic carbocycles. The third kappa shape index (κ3) is 6.71. The van der Waals surface area contributed by atoms with Crippen LogP contribution in [0.3, 0.4) is 0 Å². The molecular formula is C25H35N5O2S. The summed E-state index contributed by atoms with van der Waals surface area (Å²) in [5.74, 6) is 0.710. The van der Waals surface area contributed by atoms with Crippen molar-refractivity contribution < 1.29 is 9.59 Å². The minimum Gasteiger partial charge on any atom is -0.351 e. The van der Waals surface area contributed by atoms with Crippen LogP contribution in [0.15, 0.2) is 35.4 Å². The second kappa shape index (κ2) is 12.0. The standard InChI is InChI=1S/C25H35N5O2S/c1-5-7-13-29(6-2)14-12-26-23(31)20-8-10-21(11-9-20)28-25(32)30-15-16-33-24-22(30)18(3)17-19(4)27-24/h8-11,17H,5-7,12-16H2,1-4H3,(H,26,31)(H,28,32). The largest absolute Gasteiger partial charge is 0.351 e. The zero-order chi connectivity index (χ0) is 23.8. The molecule has 1 aliphatic rings. The fourth-order valence-electron chi connectivity index (χ4n) is 3.91. The summed E-state index contributed by atoms with van der Waals surface area (Å²) in [4.78, 5) is 34.2. The molecule has 1 aliphatic heterocycles. The number of aromatic nitrogens is 1. The molecule has 8 heteroatoms. The van der Waals surface area contributed by atoms with Crippen molar-refractivity contribution in [3.8, 4) is 0 Å². The number of hydrogen-bond donors (Lipinski definition) is 2. The first-order valence-corrected chi connectivity index (χ1v) is 12.7. The summed E-state index contributed by atoms with van der Waals surface area (Å²) in [5.41, 5.74) is 4.12. The van der Waals surface area contributed by atoms with E-state index in [0.717, 1.165) is 47.4 Å². The summed E-state index contributed by atoms with van der Waals surface area (Å²) in [5, 5.41) is 6.85. The number of nitrogens with one attached hydrogen (secondary N) is 2. The molecule has 0 fully saturated rings. The van der Waals surface area contributed by atoms with E-state index < -0.39 is 0 Å². The van der Waals surface area contributed by atoms with Gasteiger partial charge in [-0.25, -0.2) is 9.78 Å². The fraction of sp³-hybridized carbons (Fsp3) is 0.480. The predicted molar refractivity (Wildman–Crippen MR) is 137 cm³/mol. The Kier molecular flexibility index (Phi) is 9.14. The van der Waals surface area contributed by atoms with Crippen LogP contribution in [0.25, 0.3) is 0 Å². The van der Waals surface area contributed by atoms with Crippen LogP contribution in [-0.2, 0) is 0 Å². The molecule has 7 nitrogen and oxygen atoms in total. The van der Waals surface area contributed by atoms with E-state index in [4.69, 9.17) is 0 Å². The second-order valence-corrected chi connectivity index (χ2v) is 9.37. The van der Waals surface area contributed by atoms with Gasteiger partial charge in [0.15, 0.2) is 0 Å². The van der Waals surface area contributed by atoms with Crippen molar-refractivity contribution in [2.45, 2.75) is 45.6 Å². The molecule has 0 saturated heterocycles. The van der Waals surface area contributed by atoms with E-state index in [1.165, 1.54) is 12.8 Å². The molecule has 1 aromatic heterocycles. The minimum absolute atomic E-state index is 0.0986. The molecular weight excluding hydrogens is 434 g/mol. The first kappa shape index (κ1) is 25.1. The van der Waals surface area contributed by atoms with E-state index in [-0.39, 0.29) is 11.9 Å². The molecule has 0 radical (unpaired) electrons. The summed E-state index contributed by atoms with van der Waals surface area (Å²) < 4.78 is 0. The zero-order valence-corrected chi connectivity index (χ0v) is 20.9. The van der Waals surface area contributed by atoms with E-state index in [9.17, 15) is 9.59 Å². The number of nitrogens with zero attached hydrogens (tertiary/aromatic N) is 3. The van der Waals surface area contributed by atoms with E-state index in [1.807, 2.05) is 19.9 Å². The molecule has 2 aromatic rings. The van der Waals surface area contributed by atoms with E-state index >= 15 is 0 Å². The number of pyridine rings is 1. The Morgan fingerprint density at radius 2 is 1.91 bits per heavy atom. The van der Waals surface area contributed by atoms with Gasteiger partial charge in [0.25, 0.3) is 5.91 Å². The Bertz CT molecular complexity index is 964. The van der Waals surface area contributed by atoms with Crippen LogP contribution in [-0.4, -0.2) is 60.3 Å². The highest BCUT2D eigenvalue weighted by Gasteiger charge is 2.26. The molecule has 0 bridgehead atoms. The highest BCUT2D eigenvalue weighted by molar-refractivity contribution is 7.99. The maximum absolute atomic E-state index is 13.0. The first-order chi connectivity index (χ1) is 15.9. The van der Waals surface area contributed by atoms with Crippen LogP contribution < -0.4 is 15.5 Å². The number of hydrogen-bond acceptors (Lipinski definition) is 5. The number of benzene rings is 1. The van der Waals surface area contributed by atoms with Crippen molar-refractivity contribution >= 4 is 35.1 Å². The van der Waals surface area contributed by atoms with E-state index in [1.54, 1.807) is 40.9 Å². The van der Waals surface area contributed by atoms with Crippen molar-refractivity contribution in [3.63, 3.8) is 0 Å². The average Bonchev–Trinajstić information content (AvgIpc) is 2.81. The van der Waals surface area contributed by atoms with Crippen molar-refractivity contribution in [1.82, 2.24) is 15.2 Å². The molecule has 33 heavy (non-hydrogen) atoms. The highest BCUT2D eigenvalue weighted by atomic mass is 32.2. The third-order valence-corrected chi connectivity index (χ3v) is 6.68. The first-order valence-electron chi connectivity index (χ1n) is 11.7. The number of anilines is 2. The highest BCUT2D eigenvalue weighted by Crippen LogP contribution is 2.36. The number of likely N-dealkylation sites (N-methyl/N-ethyl adjacent to an activating group) is 1. The Balaban J connectivity index is 1.56. The van der Waals surface area contributed by atoms with Gasteiger partial charge in [0.05, 0.1) is 5.69 Å². The van der Waals surface area contributed by atoms with Crippen LogP contribution in [0.1, 0.15) is 48.3 Å². The van der Waals surface area contributed by atoms with Gasteiger partial charge < -0.3 is 15.5 Å². The summed E-state index contributed by atoms with van der Waals surface area (Å²) in [7, 11) is 0. The third-order valence-electron chi connectivity index (χ3n) is 5.74. The van der Waals surface area contributed by atoms with Crippen molar-refractivity contribution in [2.24, 2.45) is 0 Å². The van der Waals surface area contributed by atoms with Gasteiger partial charge in [0.2, 0.25) is 0 Å². The molecule has 0 aliphatic carbocycles. The number of carbonyl (C=O) groups excluding carboxylic acids is 2. The van der Waals surface area contributed by atoms with Gasteiger partial charge in [-0.1, -0.05) is 20.3 Å².